The first kappa shape index (κ1) is 16.4. The summed E-state index contributed by atoms with van der Waals surface area (Å²) in [6.07, 6.45) is 3.18. The van der Waals surface area contributed by atoms with Gasteiger partial charge in [0.2, 0.25) is 10.0 Å². The van der Waals surface area contributed by atoms with Gasteiger partial charge in [-0.15, -0.1) is 0 Å². The van der Waals surface area contributed by atoms with E-state index < -0.39 is 10.0 Å². The van der Waals surface area contributed by atoms with Crippen molar-refractivity contribution >= 4 is 10.0 Å². The number of rotatable bonds is 5. The van der Waals surface area contributed by atoms with Crippen LogP contribution in [0.1, 0.15) is 31.4 Å². The zero-order valence-electron chi connectivity index (χ0n) is 12.5. The highest BCUT2D eigenvalue weighted by Gasteiger charge is 2.25. The molecule has 1 aliphatic rings. The van der Waals surface area contributed by atoms with Crippen LogP contribution in [0, 0.1) is 11.7 Å². The number of halogens is 1. The van der Waals surface area contributed by atoms with Gasteiger partial charge in [-0.05, 0) is 49.9 Å². The van der Waals surface area contributed by atoms with Gasteiger partial charge in [0, 0.05) is 19.1 Å². The van der Waals surface area contributed by atoms with E-state index in [0.29, 0.717) is 19.0 Å². The Morgan fingerprint density at radius 2 is 2.24 bits per heavy atom. The summed E-state index contributed by atoms with van der Waals surface area (Å²) in [6.45, 7) is 3.92. The quantitative estimate of drug-likeness (QED) is 0.906. The molecule has 2 atom stereocenters. The molecule has 1 heterocycles. The van der Waals surface area contributed by atoms with Gasteiger partial charge in [0.05, 0.1) is 6.26 Å². The molecule has 1 fully saturated rings. The molecule has 0 spiro atoms. The van der Waals surface area contributed by atoms with E-state index in [1.807, 2.05) is 13.0 Å². The Balaban J connectivity index is 1.88. The molecule has 0 radical (unpaired) electrons. The van der Waals surface area contributed by atoms with E-state index >= 15 is 0 Å². The van der Waals surface area contributed by atoms with Crippen molar-refractivity contribution in [1.29, 1.82) is 0 Å². The van der Waals surface area contributed by atoms with Crippen molar-refractivity contribution in [3.8, 4) is 0 Å². The molecule has 6 heteroatoms. The first-order chi connectivity index (χ1) is 9.86. The van der Waals surface area contributed by atoms with E-state index in [1.54, 1.807) is 10.4 Å². The molecule has 1 saturated heterocycles. The minimum Gasteiger partial charge on any atom is -0.310 e. The molecule has 0 amide bonds. The van der Waals surface area contributed by atoms with Gasteiger partial charge in [-0.25, -0.2) is 17.1 Å². The number of nitrogens with zero attached hydrogens (tertiary/aromatic N) is 1. The summed E-state index contributed by atoms with van der Waals surface area (Å²) < 4.78 is 37.9. The van der Waals surface area contributed by atoms with Crippen LogP contribution >= 0.6 is 0 Å². The number of sulfonamides is 1. The second kappa shape index (κ2) is 6.85. The first-order valence-corrected chi connectivity index (χ1v) is 9.15. The summed E-state index contributed by atoms with van der Waals surface area (Å²) in [5, 5.41) is 3.38. The van der Waals surface area contributed by atoms with E-state index in [0.717, 1.165) is 24.9 Å². The third-order valence-electron chi connectivity index (χ3n) is 4.01. The van der Waals surface area contributed by atoms with Crippen LogP contribution in [0.15, 0.2) is 24.3 Å². The average molecular weight is 314 g/mol. The Kier molecular flexibility index (Phi) is 5.35. The Bertz CT molecular complexity index is 577. The fraction of sp³-hybridized carbons (Fsp3) is 0.600. The first-order valence-electron chi connectivity index (χ1n) is 7.30. The molecule has 1 N–H and O–H groups in total. The lowest BCUT2D eigenvalue weighted by atomic mass is 9.99. The second-order valence-electron chi connectivity index (χ2n) is 5.81. The largest absolute Gasteiger partial charge is 0.310 e. The standard InChI is InChI=1S/C15H23FN2O2S/c1-12(14-6-3-7-15(16)9-14)17-10-13-5-4-8-18(11-13)21(2,19)20/h3,6-7,9,12-13,17H,4-5,8,10-11H2,1-2H3/t12-,13?/m0/s1. The molecule has 2 rings (SSSR count). The molecule has 4 nitrogen and oxygen atoms in total. The average Bonchev–Trinajstić information content (AvgIpc) is 2.44. The van der Waals surface area contributed by atoms with Crippen molar-refractivity contribution in [1.82, 2.24) is 9.62 Å². The van der Waals surface area contributed by atoms with E-state index in [1.165, 1.54) is 18.4 Å². The van der Waals surface area contributed by atoms with Crippen LogP contribution in [0.4, 0.5) is 4.39 Å². The van der Waals surface area contributed by atoms with Crippen molar-refractivity contribution in [2.75, 3.05) is 25.9 Å². The fourth-order valence-corrected chi connectivity index (χ4v) is 3.67. The number of hydrogen-bond acceptors (Lipinski definition) is 3. The van der Waals surface area contributed by atoms with E-state index in [2.05, 4.69) is 5.32 Å². The van der Waals surface area contributed by atoms with Gasteiger partial charge in [0.1, 0.15) is 5.82 Å². The third kappa shape index (κ3) is 4.76. The Morgan fingerprint density at radius 1 is 1.48 bits per heavy atom. The molecule has 21 heavy (non-hydrogen) atoms. The maximum atomic E-state index is 13.2. The summed E-state index contributed by atoms with van der Waals surface area (Å²) in [7, 11) is -3.10. The lowest BCUT2D eigenvalue weighted by molar-refractivity contribution is 0.257. The Hall–Kier alpha value is -0.980. The molecule has 1 aromatic carbocycles. The van der Waals surface area contributed by atoms with Crippen LogP contribution in [0.3, 0.4) is 0 Å². The number of hydrogen-bond donors (Lipinski definition) is 1. The molecular formula is C15H23FN2O2S. The van der Waals surface area contributed by atoms with E-state index in [-0.39, 0.29) is 11.9 Å². The predicted molar refractivity (Wildman–Crippen MR) is 82.0 cm³/mol. The van der Waals surface area contributed by atoms with Crippen LogP contribution in [-0.4, -0.2) is 38.6 Å². The van der Waals surface area contributed by atoms with Gasteiger partial charge in [-0.3, -0.25) is 0 Å². The van der Waals surface area contributed by atoms with Crippen molar-refractivity contribution in [3.63, 3.8) is 0 Å². The van der Waals surface area contributed by atoms with Gasteiger partial charge in [0.25, 0.3) is 0 Å². The van der Waals surface area contributed by atoms with Crippen LogP contribution in [0.25, 0.3) is 0 Å². The maximum Gasteiger partial charge on any atom is 0.211 e. The molecule has 0 aromatic heterocycles. The van der Waals surface area contributed by atoms with Gasteiger partial charge in [-0.2, -0.15) is 0 Å². The second-order valence-corrected chi connectivity index (χ2v) is 7.80. The predicted octanol–water partition coefficient (Wildman–Crippen LogP) is 2.15. The normalized spacial score (nSPS) is 22.1. The van der Waals surface area contributed by atoms with Crippen molar-refractivity contribution in [2.45, 2.75) is 25.8 Å². The molecule has 0 saturated carbocycles. The molecular weight excluding hydrogens is 291 g/mol. The summed E-state index contributed by atoms with van der Waals surface area (Å²) >= 11 is 0. The van der Waals surface area contributed by atoms with Gasteiger partial charge in [0.15, 0.2) is 0 Å². The monoisotopic (exact) mass is 314 g/mol. The summed E-state index contributed by atoms with van der Waals surface area (Å²) in [6, 6.07) is 6.61. The molecule has 1 unspecified atom stereocenters. The van der Waals surface area contributed by atoms with E-state index in [4.69, 9.17) is 0 Å². The highest BCUT2D eigenvalue weighted by Crippen LogP contribution is 2.20. The van der Waals surface area contributed by atoms with Crippen LogP contribution in [0.2, 0.25) is 0 Å². The highest BCUT2D eigenvalue weighted by atomic mass is 32.2. The number of nitrogens with one attached hydrogen (secondary N) is 1. The Morgan fingerprint density at radius 3 is 2.90 bits per heavy atom. The third-order valence-corrected chi connectivity index (χ3v) is 5.28. The molecule has 118 valence electrons. The van der Waals surface area contributed by atoms with Crippen LogP contribution in [0.5, 0.6) is 0 Å². The minimum absolute atomic E-state index is 0.0503. The van der Waals surface area contributed by atoms with Crippen molar-refractivity contribution in [2.24, 2.45) is 5.92 Å². The molecule has 0 bridgehead atoms. The van der Waals surface area contributed by atoms with E-state index in [9.17, 15) is 12.8 Å². The summed E-state index contributed by atoms with van der Waals surface area (Å²) in [5.74, 6) is 0.0755. The SMILES string of the molecule is C[C@H](NCC1CCCN(S(C)(=O)=O)C1)c1cccc(F)c1. The lowest BCUT2D eigenvalue weighted by Crippen LogP contribution is -2.42. The lowest BCUT2D eigenvalue weighted by Gasteiger charge is -2.31. The minimum atomic E-state index is -3.10. The maximum absolute atomic E-state index is 13.2. The number of piperidine rings is 1. The molecule has 1 aliphatic heterocycles. The topological polar surface area (TPSA) is 49.4 Å². The smallest absolute Gasteiger partial charge is 0.211 e. The summed E-state index contributed by atoms with van der Waals surface area (Å²) in [5.41, 5.74) is 0.908. The Labute approximate surface area is 126 Å². The fourth-order valence-electron chi connectivity index (χ4n) is 2.73. The van der Waals surface area contributed by atoms with Crippen molar-refractivity contribution < 1.29 is 12.8 Å². The molecule has 1 aromatic rings. The van der Waals surface area contributed by atoms with Gasteiger partial charge < -0.3 is 5.32 Å². The zero-order chi connectivity index (χ0) is 15.5. The van der Waals surface area contributed by atoms with Gasteiger partial charge in [-0.1, -0.05) is 12.1 Å². The van der Waals surface area contributed by atoms with Crippen LogP contribution in [-0.2, 0) is 10.0 Å². The zero-order valence-corrected chi connectivity index (χ0v) is 13.4. The highest BCUT2D eigenvalue weighted by molar-refractivity contribution is 7.88. The van der Waals surface area contributed by atoms with Gasteiger partial charge >= 0.3 is 0 Å². The van der Waals surface area contributed by atoms with Crippen molar-refractivity contribution in [3.05, 3.63) is 35.6 Å². The van der Waals surface area contributed by atoms with Crippen LogP contribution < -0.4 is 5.32 Å². The molecule has 0 aliphatic carbocycles. The number of benzene rings is 1. The summed E-state index contributed by atoms with van der Waals surface area (Å²) in [4.78, 5) is 0.